The van der Waals surface area contributed by atoms with Crippen molar-refractivity contribution < 1.29 is 19.7 Å². The molecule has 0 fully saturated rings. The zero-order valence-corrected chi connectivity index (χ0v) is 12.6. The molecule has 0 bridgehead atoms. The average molecular weight is 348 g/mol. The van der Waals surface area contributed by atoms with Crippen molar-refractivity contribution >= 4 is 39.1 Å². The third-order valence-corrected chi connectivity index (χ3v) is 3.89. The van der Waals surface area contributed by atoms with Crippen LogP contribution in [0.15, 0.2) is 28.4 Å². The molecule has 0 saturated heterocycles. The van der Waals surface area contributed by atoms with Crippen molar-refractivity contribution in [1.82, 2.24) is 0 Å². The third kappa shape index (κ3) is 2.38. The van der Waals surface area contributed by atoms with E-state index in [-0.39, 0.29) is 11.3 Å². The molecule has 0 amide bonds. The van der Waals surface area contributed by atoms with E-state index in [0.29, 0.717) is 10.6 Å². The highest BCUT2D eigenvalue weighted by Crippen LogP contribution is 2.41. The summed E-state index contributed by atoms with van der Waals surface area (Å²) >= 11 is 9.34. The molecule has 1 aromatic rings. The van der Waals surface area contributed by atoms with Crippen LogP contribution in [0.3, 0.4) is 0 Å². The molecule has 1 unspecified atom stereocenters. The topological polar surface area (TPSA) is 66.8 Å². The van der Waals surface area contributed by atoms with E-state index in [4.69, 9.17) is 16.3 Å². The highest BCUT2D eigenvalue weighted by Gasteiger charge is 2.44. The Bertz CT molecular complexity index is 580. The minimum absolute atomic E-state index is 0.0206. The number of hydrogen-bond acceptors (Lipinski definition) is 4. The molecule has 0 radical (unpaired) electrons. The molecular formula is C13H12BrClO4. The molecule has 1 aliphatic heterocycles. The molecule has 1 aromatic carbocycles. The van der Waals surface area contributed by atoms with Crippen LogP contribution in [0.4, 0.5) is 0 Å². The van der Waals surface area contributed by atoms with Crippen molar-refractivity contribution in [3.8, 4) is 0 Å². The van der Waals surface area contributed by atoms with Gasteiger partial charge in [-0.1, -0.05) is 33.6 Å². The zero-order chi connectivity index (χ0) is 14.4. The van der Waals surface area contributed by atoms with E-state index in [1.54, 1.807) is 32.0 Å². The molecule has 6 heteroatoms. The number of benzene rings is 1. The maximum Gasteiger partial charge on any atom is 0.344 e. The van der Waals surface area contributed by atoms with E-state index in [2.05, 4.69) is 15.9 Å². The van der Waals surface area contributed by atoms with E-state index in [9.17, 15) is 15.0 Å². The fourth-order valence-electron chi connectivity index (χ4n) is 1.77. The van der Waals surface area contributed by atoms with Crippen LogP contribution in [-0.4, -0.2) is 22.5 Å². The van der Waals surface area contributed by atoms with Gasteiger partial charge in [0.05, 0.1) is 5.41 Å². The summed E-state index contributed by atoms with van der Waals surface area (Å²) in [6, 6.07) is 4.92. The summed E-state index contributed by atoms with van der Waals surface area (Å²) in [5.41, 5.74) is -0.736. The van der Waals surface area contributed by atoms with Crippen LogP contribution in [0.2, 0.25) is 5.02 Å². The van der Waals surface area contributed by atoms with Crippen LogP contribution in [-0.2, 0) is 9.53 Å². The number of aliphatic hydroxyl groups is 2. The fraction of sp³-hybridized carbons (Fsp3) is 0.308. The number of rotatable bonds is 1. The van der Waals surface area contributed by atoms with Crippen LogP contribution < -0.4 is 0 Å². The summed E-state index contributed by atoms with van der Waals surface area (Å²) in [5, 5.41) is 20.2. The first-order chi connectivity index (χ1) is 8.75. The number of ether oxygens (including phenoxy) is 1. The van der Waals surface area contributed by atoms with E-state index >= 15 is 0 Å². The minimum atomic E-state index is -1.39. The maximum absolute atomic E-state index is 11.9. The highest BCUT2D eigenvalue weighted by molar-refractivity contribution is 9.10. The lowest BCUT2D eigenvalue weighted by Gasteiger charge is -2.34. The Hall–Kier alpha value is -1.04. The van der Waals surface area contributed by atoms with Crippen LogP contribution >= 0.6 is 27.5 Å². The number of cyclic esters (lactones) is 1. The second-order valence-corrected chi connectivity index (χ2v) is 6.15. The molecule has 0 saturated carbocycles. The molecule has 0 aliphatic carbocycles. The third-order valence-electron chi connectivity index (χ3n) is 3.09. The van der Waals surface area contributed by atoms with Gasteiger partial charge in [0.1, 0.15) is 11.3 Å². The van der Waals surface area contributed by atoms with Gasteiger partial charge in [-0.05, 0) is 26.0 Å². The second kappa shape index (κ2) is 4.81. The molecule has 1 atom stereocenters. The fourth-order valence-corrected chi connectivity index (χ4v) is 2.54. The second-order valence-electron chi connectivity index (χ2n) is 4.83. The number of halogens is 2. The van der Waals surface area contributed by atoms with Gasteiger partial charge in [0, 0.05) is 15.1 Å². The lowest BCUT2D eigenvalue weighted by molar-refractivity contribution is -0.185. The van der Waals surface area contributed by atoms with Gasteiger partial charge in [-0.15, -0.1) is 0 Å². The van der Waals surface area contributed by atoms with Gasteiger partial charge in [-0.3, -0.25) is 0 Å². The molecule has 2 rings (SSSR count). The molecule has 0 spiro atoms. The predicted molar refractivity (Wildman–Crippen MR) is 74.6 cm³/mol. The first-order valence-electron chi connectivity index (χ1n) is 5.53. The first-order valence-corrected chi connectivity index (χ1v) is 6.70. The molecule has 102 valence electrons. The zero-order valence-electron chi connectivity index (χ0n) is 10.3. The standard InChI is InChI=1S/C13H12BrClO4/c1-13(2)10(16)9(11(17)19-12(13)18)7-4-3-6(14)5-8(7)15/h3-5,12,16,18H,1-2H3. The average Bonchev–Trinajstić information content (AvgIpc) is 2.30. The summed E-state index contributed by atoms with van der Waals surface area (Å²) in [4.78, 5) is 11.9. The number of carbonyl (C=O) groups excluding carboxylic acids is 1. The van der Waals surface area contributed by atoms with Crippen molar-refractivity contribution in [2.75, 3.05) is 0 Å². The Balaban J connectivity index is 2.65. The van der Waals surface area contributed by atoms with E-state index < -0.39 is 17.7 Å². The maximum atomic E-state index is 11.9. The van der Waals surface area contributed by atoms with Gasteiger partial charge in [-0.2, -0.15) is 0 Å². The van der Waals surface area contributed by atoms with Crippen molar-refractivity contribution in [3.05, 3.63) is 39.0 Å². The van der Waals surface area contributed by atoms with Gasteiger partial charge in [0.2, 0.25) is 6.29 Å². The molecular weight excluding hydrogens is 335 g/mol. The quantitative estimate of drug-likeness (QED) is 0.765. The van der Waals surface area contributed by atoms with Crippen molar-refractivity contribution in [2.45, 2.75) is 20.1 Å². The number of hydrogen-bond donors (Lipinski definition) is 2. The SMILES string of the molecule is CC1(C)C(O)=C(c2ccc(Br)cc2Cl)C(=O)OC1O. The smallest absolute Gasteiger partial charge is 0.344 e. The Morgan fingerprint density at radius 3 is 2.63 bits per heavy atom. The molecule has 2 N–H and O–H groups in total. The van der Waals surface area contributed by atoms with Gasteiger partial charge < -0.3 is 14.9 Å². The van der Waals surface area contributed by atoms with Gasteiger partial charge in [0.15, 0.2) is 0 Å². The molecule has 0 aromatic heterocycles. The van der Waals surface area contributed by atoms with Crippen LogP contribution in [0.25, 0.3) is 5.57 Å². The summed E-state index contributed by atoms with van der Waals surface area (Å²) < 4.78 is 5.61. The summed E-state index contributed by atoms with van der Waals surface area (Å²) in [7, 11) is 0. The normalized spacial score (nSPS) is 22.4. The highest BCUT2D eigenvalue weighted by atomic mass is 79.9. The molecule has 4 nitrogen and oxygen atoms in total. The summed E-state index contributed by atoms with van der Waals surface area (Å²) in [5.74, 6) is -1.03. The van der Waals surface area contributed by atoms with Gasteiger partial charge in [0.25, 0.3) is 0 Å². The summed E-state index contributed by atoms with van der Waals surface area (Å²) in [6.45, 7) is 3.15. The van der Waals surface area contributed by atoms with Crippen LogP contribution in [0.1, 0.15) is 19.4 Å². The van der Waals surface area contributed by atoms with E-state index in [0.717, 1.165) is 4.47 Å². The van der Waals surface area contributed by atoms with Crippen LogP contribution in [0, 0.1) is 5.41 Å². The molecule has 1 heterocycles. The Morgan fingerprint density at radius 1 is 1.42 bits per heavy atom. The van der Waals surface area contributed by atoms with Gasteiger partial charge >= 0.3 is 5.97 Å². The van der Waals surface area contributed by atoms with Crippen molar-refractivity contribution in [1.29, 1.82) is 0 Å². The summed E-state index contributed by atoms with van der Waals surface area (Å²) in [6.07, 6.45) is -1.39. The predicted octanol–water partition coefficient (Wildman–Crippen LogP) is 3.27. The first kappa shape index (κ1) is 14.4. The van der Waals surface area contributed by atoms with E-state index in [1.165, 1.54) is 0 Å². The number of esters is 1. The Kier molecular flexibility index (Phi) is 3.64. The molecule has 19 heavy (non-hydrogen) atoms. The lowest BCUT2D eigenvalue weighted by Crippen LogP contribution is -2.40. The van der Waals surface area contributed by atoms with Gasteiger partial charge in [-0.25, -0.2) is 4.79 Å². The lowest BCUT2D eigenvalue weighted by atomic mass is 9.83. The monoisotopic (exact) mass is 346 g/mol. The molecule has 1 aliphatic rings. The Morgan fingerprint density at radius 2 is 2.05 bits per heavy atom. The van der Waals surface area contributed by atoms with E-state index in [1.807, 2.05) is 0 Å². The minimum Gasteiger partial charge on any atom is -0.511 e. The number of aliphatic hydroxyl groups excluding tert-OH is 2. The largest absolute Gasteiger partial charge is 0.511 e. The Labute approximate surface area is 123 Å². The van der Waals surface area contributed by atoms with Crippen molar-refractivity contribution in [3.63, 3.8) is 0 Å². The van der Waals surface area contributed by atoms with Crippen molar-refractivity contribution in [2.24, 2.45) is 5.41 Å². The number of carbonyl (C=O) groups is 1. The van der Waals surface area contributed by atoms with Crippen LogP contribution in [0.5, 0.6) is 0 Å².